The Kier molecular flexibility index (Phi) is 2.82. The molecule has 0 spiro atoms. The molecule has 0 saturated heterocycles. The van der Waals surface area contributed by atoms with Gasteiger partial charge in [-0.1, -0.05) is 11.8 Å². The Morgan fingerprint density at radius 1 is 1.53 bits per heavy atom. The van der Waals surface area contributed by atoms with Crippen molar-refractivity contribution in [3.63, 3.8) is 0 Å². The summed E-state index contributed by atoms with van der Waals surface area (Å²) in [4.78, 5) is 14.7. The van der Waals surface area contributed by atoms with Crippen molar-refractivity contribution >= 4 is 33.5 Å². The van der Waals surface area contributed by atoms with Gasteiger partial charge in [0.15, 0.2) is 11.5 Å². The predicted molar refractivity (Wildman–Crippen MR) is 76.6 cm³/mol. The van der Waals surface area contributed by atoms with E-state index in [0.29, 0.717) is 17.0 Å². The second-order valence-electron chi connectivity index (χ2n) is 4.38. The Morgan fingerprint density at radius 3 is 3.00 bits per heavy atom. The van der Waals surface area contributed by atoms with Crippen LogP contribution in [0.2, 0.25) is 0 Å². The fraction of sp³-hybridized carbons (Fsp3) is 0.308. The number of phenols is 1. The van der Waals surface area contributed by atoms with Gasteiger partial charge in [-0.2, -0.15) is 0 Å². The van der Waals surface area contributed by atoms with Gasteiger partial charge in [-0.15, -0.1) is 0 Å². The van der Waals surface area contributed by atoms with Crippen molar-refractivity contribution in [3.8, 4) is 11.5 Å². The minimum atomic E-state index is -0.0470. The highest BCUT2D eigenvalue weighted by molar-refractivity contribution is 8.13. The van der Waals surface area contributed by atoms with E-state index >= 15 is 0 Å². The van der Waals surface area contributed by atoms with E-state index in [0.717, 1.165) is 41.4 Å². The van der Waals surface area contributed by atoms with Crippen LogP contribution in [-0.4, -0.2) is 35.1 Å². The molecule has 0 aliphatic carbocycles. The molecule has 1 aliphatic heterocycles. The lowest BCUT2D eigenvalue weighted by molar-refractivity contribution is 0.108. The summed E-state index contributed by atoms with van der Waals surface area (Å²) in [6.45, 7) is 0.807. The van der Waals surface area contributed by atoms with E-state index in [-0.39, 0.29) is 10.9 Å². The number of aromatic amines is 1. The first kappa shape index (κ1) is 12.2. The molecule has 3 rings (SSSR count). The van der Waals surface area contributed by atoms with Gasteiger partial charge >= 0.3 is 0 Å². The van der Waals surface area contributed by atoms with E-state index in [9.17, 15) is 9.90 Å². The van der Waals surface area contributed by atoms with E-state index in [1.54, 1.807) is 12.3 Å². The van der Waals surface area contributed by atoms with Crippen LogP contribution < -0.4 is 10.1 Å². The number of hydrogen-bond donors (Lipinski definition) is 3. The van der Waals surface area contributed by atoms with E-state index in [2.05, 4.69) is 10.3 Å². The summed E-state index contributed by atoms with van der Waals surface area (Å²) in [5, 5.41) is 14.3. The van der Waals surface area contributed by atoms with Crippen LogP contribution >= 0.6 is 11.8 Å². The average Bonchev–Trinajstić information content (AvgIpc) is 3.04. The third-order valence-corrected chi connectivity index (χ3v) is 4.00. The van der Waals surface area contributed by atoms with Gasteiger partial charge < -0.3 is 20.1 Å². The van der Waals surface area contributed by atoms with Crippen molar-refractivity contribution in [2.45, 2.75) is 6.42 Å². The van der Waals surface area contributed by atoms with Gasteiger partial charge in [-0.05, 0) is 24.3 Å². The zero-order valence-electron chi connectivity index (χ0n) is 10.7. The molecule has 2 heterocycles. The van der Waals surface area contributed by atoms with Gasteiger partial charge in [0.1, 0.15) is 0 Å². The predicted octanol–water partition coefficient (Wildman–Crippen LogP) is 2.35. The number of anilines is 1. The van der Waals surface area contributed by atoms with Crippen LogP contribution in [-0.2, 0) is 6.42 Å². The molecule has 3 N–H and O–H groups in total. The number of H-pyrrole nitrogens is 1. The summed E-state index contributed by atoms with van der Waals surface area (Å²) < 4.78 is 5.27. The molecule has 0 amide bonds. The molecule has 1 aromatic carbocycles. The molecule has 1 aromatic heterocycles. The van der Waals surface area contributed by atoms with Gasteiger partial charge in [0, 0.05) is 11.9 Å². The highest BCUT2D eigenvalue weighted by atomic mass is 32.2. The zero-order chi connectivity index (χ0) is 13.6. The second kappa shape index (κ2) is 4.38. The number of aromatic nitrogens is 1. The van der Waals surface area contributed by atoms with E-state index in [1.807, 2.05) is 0 Å². The summed E-state index contributed by atoms with van der Waals surface area (Å²) in [6.07, 6.45) is 2.59. The van der Waals surface area contributed by atoms with E-state index < -0.39 is 0 Å². The number of hydrogen-bond acceptors (Lipinski definition) is 5. The lowest BCUT2D eigenvalue weighted by Gasteiger charge is -2.11. The number of thioether (sulfide) groups is 1. The molecule has 0 fully saturated rings. The van der Waals surface area contributed by atoms with Gasteiger partial charge in [0.25, 0.3) is 0 Å². The topological polar surface area (TPSA) is 74.4 Å². The molecular formula is C13H14N2O3S. The fourth-order valence-electron chi connectivity index (χ4n) is 2.56. The molecule has 1 aliphatic rings. The van der Waals surface area contributed by atoms with Crippen molar-refractivity contribution in [2.75, 3.05) is 25.2 Å². The number of rotatable bonds is 2. The van der Waals surface area contributed by atoms with Crippen LogP contribution in [0.4, 0.5) is 5.69 Å². The molecule has 0 bridgehead atoms. The van der Waals surface area contributed by atoms with Gasteiger partial charge in [0.2, 0.25) is 5.12 Å². The fourth-order valence-corrected chi connectivity index (χ4v) is 2.89. The highest BCUT2D eigenvalue weighted by Gasteiger charge is 2.25. The summed E-state index contributed by atoms with van der Waals surface area (Å²) in [5.41, 5.74) is 2.98. The van der Waals surface area contributed by atoms with Crippen LogP contribution in [0.1, 0.15) is 16.1 Å². The summed E-state index contributed by atoms with van der Waals surface area (Å²) in [6, 6.07) is 1.80. The summed E-state index contributed by atoms with van der Waals surface area (Å²) >= 11 is 1.14. The van der Waals surface area contributed by atoms with E-state index in [1.165, 1.54) is 7.11 Å². The summed E-state index contributed by atoms with van der Waals surface area (Å²) in [5.74, 6) is 0.482. The number of methoxy groups -OCH3 is 1. The molecule has 0 atom stereocenters. The largest absolute Gasteiger partial charge is 0.503 e. The molecule has 100 valence electrons. The van der Waals surface area contributed by atoms with Crippen molar-refractivity contribution in [1.82, 2.24) is 4.98 Å². The first-order valence-electron chi connectivity index (χ1n) is 5.94. The van der Waals surface area contributed by atoms with Gasteiger partial charge in [0.05, 0.1) is 24.0 Å². The normalized spacial score (nSPS) is 13.4. The lowest BCUT2D eigenvalue weighted by atomic mass is 10.1. The van der Waals surface area contributed by atoms with Crippen molar-refractivity contribution in [1.29, 1.82) is 0 Å². The quantitative estimate of drug-likeness (QED) is 0.786. The number of aromatic hydroxyl groups is 1. The number of benzene rings is 1. The molecular weight excluding hydrogens is 264 g/mol. The van der Waals surface area contributed by atoms with Crippen LogP contribution in [0.25, 0.3) is 10.9 Å². The number of fused-ring (bicyclic) bond motifs is 3. The Balaban J connectivity index is 2.33. The molecule has 19 heavy (non-hydrogen) atoms. The van der Waals surface area contributed by atoms with Crippen LogP contribution in [0.5, 0.6) is 11.5 Å². The Labute approximate surface area is 114 Å². The number of nitrogens with one attached hydrogen (secondary N) is 2. The minimum Gasteiger partial charge on any atom is -0.503 e. The maximum Gasteiger partial charge on any atom is 0.235 e. The van der Waals surface area contributed by atoms with E-state index in [4.69, 9.17) is 4.74 Å². The average molecular weight is 278 g/mol. The molecule has 0 unspecified atom stereocenters. The van der Waals surface area contributed by atoms with Gasteiger partial charge in [-0.3, -0.25) is 4.79 Å². The molecule has 5 nitrogen and oxygen atoms in total. The van der Waals surface area contributed by atoms with Crippen molar-refractivity contribution in [2.24, 2.45) is 0 Å². The number of carbonyl (C=O) groups excluding carboxylic acids is 1. The third-order valence-electron chi connectivity index (χ3n) is 3.41. The molecule has 0 radical (unpaired) electrons. The number of ether oxygens (including phenoxy) is 1. The second-order valence-corrected chi connectivity index (χ2v) is 5.15. The van der Waals surface area contributed by atoms with Crippen molar-refractivity contribution in [3.05, 3.63) is 17.3 Å². The smallest absolute Gasteiger partial charge is 0.235 e. The zero-order valence-corrected chi connectivity index (χ0v) is 11.5. The third kappa shape index (κ3) is 1.67. The molecule has 0 saturated carbocycles. The maximum atomic E-state index is 11.8. The number of phenolic OH excluding ortho intramolecular Hbond substituents is 1. The van der Waals surface area contributed by atoms with Gasteiger partial charge in [-0.25, -0.2) is 0 Å². The monoisotopic (exact) mass is 278 g/mol. The first-order chi connectivity index (χ1) is 9.17. The van der Waals surface area contributed by atoms with Crippen LogP contribution in [0, 0.1) is 0 Å². The van der Waals surface area contributed by atoms with Crippen LogP contribution in [0.3, 0.4) is 0 Å². The maximum absolute atomic E-state index is 11.8. The minimum absolute atomic E-state index is 0.0470. The molecule has 2 aromatic rings. The highest BCUT2D eigenvalue weighted by Crippen LogP contribution is 2.46. The number of carbonyl (C=O) groups is 1. The standard InChI is InChI=1S/C13H14N2O3S/c1-18-12-10-6(3-4-14-10)7-5-8(13(17)19-2)15-9(7)11(12)16/h5,14-16H,3-4H2,1-2H3. The Bertz CT molecular complexity index is 678. The van der Waals surface area contributed by atoms with Crippen molar-refractivity contribution < 1.29 is 14.6 Å². The SMILES string of the molecule is COc1c2c(c3cc(C(=O)SC)[nH]c3c1O)CCN2. The molecule has 6 heteroatoms. The Morgan fingerprint density at radius 2 is 2.32 bits per heavy atom. The summed E-state index contributed by atoms with van der Waals surface area (Å²) in [7, 11) is 1.53. The lowest BCUT2D eigenvalue weighted by Crippen LogP contribution is -1.95. The Hall–Kier alpha value is -1.82. The first-order valence-corrected chi connectivity index (χ1v) is 7.16. The van der Waals surface area contributed by atoms with Crippen LogP contribution in [0.15, 0.2) is 6.07 Å².